The molecule has 16 heavy (non-hydrogen) atoms. The minimum absolute atomic E-state index is 0.596. The summed E-state index contributed by atoms with van der Waals surface area (Å²) in [4.78, 5) is 6.49. The Kier molecular flexibility index (Phi) is 5.56. The molecular weight excluding hydrogens is 222 g/mol. The van der Waals surface area contributed by atoms with Crippen molar-refractivity contribution in [3.63, 3.8) is 0 Å². The van der Waals surface area contributed by atoms with Crippen molar-refractivity contribution in [1.29, 1.82) is 0 Å². The zero-order valence-corrected chi connectivity index (χ0v) is 11.0. The maximum absolute atomic E-state index is 5.98. The summed E-state index contributed by atoms with van der Waals surface area (Å²) in [6.45, 7) is 6.37. The van der Waals surface area contributed by atoms with Gasteiger partial charge in [0.15, 0.2) is 0 Å². The maximum Gasteiger partial charge on any atom is 0.144 e. The number of hydrogen-bond acceptors (Lipinski definition) is 3. The fourth-order valence-electron chi connectivity index (χ4n) is 1.31. The Balaban J connectivity index is 2.24. The minimum Gasteiger partial charge on any atom is -0.369 e. The fraction of sp³-hybridized carbons (Fsp3) is 0.583. The zero-order chi connectivity index (χ0) is 12.0. The lowest BCUT2D eigenvalue weighted by Crippen LogP contribution is -2.28. The van der Waals surface area contributed by atoms with Crippen molar-refractivity contribution in [2.75, 3.05) is 25.5 Å². The molecule has 0 spiro atoms. The summed E-state index contributed by atoms with van der Waals surface area (Å²) in [6, 6.07) is 4.27. The van der Waals surface area contributed by atoms with E-state index in [1.165, 1.54) is 0 Å². The highest BCUT2D eigenvalue weighted by molar-refractivity contribution is 6.32. The second-order valence-corrected chi connectivity index (χ2v) is 4.60. The third kappa shape index (κ3) is 4.37. The number of hydrogen-bond donors (Lipinski definition) is 1. The van der Waals surface area contributed by atoms with E-state index in [-0.39, 0.29) is 0 Å². The molecular formula is C12H20ClN3. The van der Waals surface area contributed by atoms with E-state index in [9.17, 15) is 0 Å². The SMILES string of the molecule is CC(C)N(C)CCCNc1ncccc1Cl. The number of aromatic nitrogens is 1. The van der Waals surface area contributed by atoms with Gasteiger partial charge in [0.2, 0.25) is 0 Å². The van der Waals surface area contributed by atoms with Gasteiger partial charge in [0, 0.05) is 18.8 Å². The third-order valence-electron chi connectivity index (χ3n) is 2.62. The lowest BCUT2D eigenvalue weighted by Gasteiger charge is -2.20. The van der Waals surface area contributed by atoms with Crippen LogP contribution in [-0.4, -0.2) is 36.1 Å². The molecule has 0 atom stereocenters. The first-order valence-corrected chi connectivity index (χ1v) is 6.03. The van der Waals surface area contributed by atoms with E-state index in [0.29, 0.717) is 11.1 Å². The molecule has 0 unspecified atom stereocenters. The van der Waals surface area contributed by atoms with Crippen LogP contribution >= 0.6 is 11.6 Å². The summed E-state index contributed by atoms with van der Waals surface area (Å²) >= 11 is 5.98. The first-order valence-electron chi connectivity index (χ1n) is 5.66. The van der Waals surface area contributed by atoms with E-state index in [1.54, 1.807) is 6.20 Å². The molecule has 0 aliphatic carbocycles. The van der Waals surface area contributed by atoms with Crippen molar-refractivity contribution in [2.45, 2.75) is 26.3 Å². The van der Waals surface area contributed by atoms with Gasteiger partial charge in [0.05, 0.1) is 5.02 Å². The van der Waals surface area contributed by atoms with Gasteiger partial charge < -0.3 is 10.2 Å². The Bertz CT molecular complexity index is 315. The maximum atomic E-state index is 5.98. The fourth-order valence-corrected chi connectivity index (χ4v) is 1.50. The summed E-state index contributed by atoms with van der Waals surface area (Å²) in [7, 11) is 2.14. The van der Waals surface area contributed by atoms with E-state index in [1.807, 2.05) is 12.1 Å². The van der Waals surface area contributed by atoms with Crippen molar-refractivity contribution in [2.24, 2.45) is 0 Å². The van der Waals surface area contributed by atoms with Crippen molar-refractivity contribution in [3.05, 3.63) is 23.4 Å². The van der Waals surface area contributed by atoms with E-state index in [4.69, 9.17) is 11.6 Å². The summed E-state index contributed by atoms with van der Waals surface area (Å²) in [6.07, 6.45) is 2.83. The highest BCUT2D eigenvalue weighted by Crippen LogP contribution is 2.16. The Hall–Kier alpha value is -0.800. The van der Waals surface area contributed by atoms with Crippen molar-refractivity contribution >= 4 is 17.4 Å². The molecule has 0 saturated carbocycles. The molecule has 0 fully saturated rings. The van der Waals surface area contributed by atoms with Crippen LogP contribution in [0.25, 0.3) is 0 Å². The molecule has 0 aliphatic rings. The van der Waals surface area contributed by atoms with Crippen LogP contribution in [0.15, 0.2) is 18.3 Å². The Morgan fingerprint density at radius 1 is 1.50 bits per heavy atom. The van der Waals surface area contributed by atoms with Crippen LogP contribution in [-0.2, 0) is 0 Å². The summed E-state index contributed by atoms with van der Waals surface area (Å²) < 4.78 is 0. The Morgan fingerprint density at radius 2 is 2.25 bits per heavy atom. The van der Waals surface area contributed by atoms with Gasteiger partial charge in [-0.05, 0) is 46.0 Å². The summed E-state index contributed by atoms with van der Waals surface area (Å²) in [5, 5.41) is 3.92. The second kappa shape index (κ2) is 6.71. The van der Waals surface area contributed by atoms with Crippen LogP contribution in [0.4, 0.5) is 5.82 Å². The van der Waals surface area contributed by atoms with Crippen LogP contribution in [0.2, 0.25) is 5.02 Å². The normalized spacial score (nSPS) is 11.1. The first kappa shape index (κ1) is 13.3. The minimum atomic E-state index is 0.596. The molecule has 0 saturated heterocycles. The predicted molar refractivity (Wildman–Crippen MR) is 70.1 cm³/mol. The average Bonchev–Trinajstić information content (AvgIpc) is 2.26. The van der Waals surface area contributed by atoms with Gasteiger partial charge in [-0.2, -0.15) is 0 Å². The highest BCUT2D eigenvalue weighted by atomic mass is 35.5. The van der Waals surface area contributed by atoms with E-state index in [2.05, 4.69) is 36.1 Å². The van der Waals surface area contributed by atoms with Crippen LogP contribution in [0.5, 0.6) is 0 Å². The predicted octanol–water partition coefficient (Wildman–Crippen LogP) is 2.88. The summed E-state index contributed by atoms with van der Waals surface area (Å²) in [5.74, 6) is 0.774. The highest BCUT2D eigenvalue weighted by Gasteiger charge is 2.03. The number of halogens is 1. The molecule has 0 aromatic carbocycles. The topological polar surface area (TPSA) is 28.2 Å². The molecule has 1 aromatic heterocycles. The van der Waals surface area contributed by atoms with Gasteiger partial charge in [-0.3, -0.25) is 0 Å². The first-order chi connectivity index (χ1) is 7.61. The molecule has 1 aromatic rings. The standard InChI is InChI=1S/C12H20ClN3/c1-10(2)16(3)9-5-8-15-12-11(13)6-4-7-14-12/h4,6-7,10H,5,8-9H2,1-3H3,(H,14,15). The van der Waals surface area contributed by atoms with Crippen LogP contribution < -0.4 is 5.32 Å². The smallest absolute Gasteiger partial charge is 0.144 e. The van der Waals surface area contributed by atoms with Gasteiger partial charge >= 0.3 is 0 Å². The van der Waals surface area contributed by atoms with Crippen molar-refractivity contribution in [1.82, 2.24) is 9.88 Å². The molecule has 1 heterocycles. The molecule has 1 rings (SSSR count). The van der Waals surface area contributed by atoms with Gasteiger partial charge in [0.1, 0.15) is 5.82 Å². The molecule has 0 amide bonds. The van der Waals surface area contributed by atoms with Crippen LogP contribution in [0.3, 0.4) is 0 Å². The molecule has 1 N–H and O–H groups in total. The quantitative estimate of drug-likeness (QED) is 0.777. The monoisotopic (exact) mass is 241 g/mol. The largest absolute Gasteiger partial charge is 0.369 e. The lowest BCUT2D eigenvalue weighted by atomic mass is 10.3. The summed E-state index contributed by atoms with van der Waals surface area (Å²) in [5.41, 5.74) is 0. The molecule has 4 heteroatoms. The lowest BCUT2D eigenvalue weighted by molar-refractivity contribution is 0.273. The van der Waals surface area contributed by atoms with E-state index in [0.717, 1.165) is 25.3 Å². The van der Waals surface area contributed by atoms with Crippen LogP contribution in [0, 0.1) is 0 Å². The molecule has 90 valence electrons. The Labute approximate surface area is 103 Å². The van der Waals surface area contributed by atoms with E-state index < -0.39 is 0 Å². The number of nitrogens with zero attached hydrogens (tertiary/aromatic N) is 2. The average molecular weight is 242 g/mol. The van der Waals surface area contributed by atoms with Gasteiger partial charge in [-0.15, -0.1) is 0 Å². The van der Waals surface area contributed by atoms with Gasteiger partial charge in [-0.25, -0.2) is 4.98 Å². The van der Waals surface area contributed by atoms with Gasteiger partial charge in [-0.1, -0.05) is 11.6 Å². The number of anilines is 1. The number of rotatable bonds is 6. The zero-order valence-electron chi connectivity index (χ0n) is 10.2. The van der Waals surface area contributed by atoms with Gasteiger partial charge in [0.25, 0.3) is 0 Å². The van der Waals surface area contributed by atoms with E-state index >= 15 is 0 Å². The number of pyridine rings is 1. The third-order valence-corrected chi connectivity index (χ3v) is 2.93. The Morgan fingerprint density at radius 3 is 2.88 bits per heavy atom. The second-order valence-electron chi connectivity index (χ2n) is 4.19. The number of nitrogens with one attached hydrogen (secondary N) is 1. The molecule has 0 bridgehead atoms. The van der Waals surface area contributed by atoms with Crippen LogP contribution in [0.1, 0.15) is 20.3 Å². The molecule has 0 aliphatic heterocycles. The molecule has 0 radical (unpaired) electrons. The molecule has 3 nitrogen and oxygen atoms in total. The van der Waals surface area contributed by atoms with Crippen molar-refractivity contribution in [3.8, 4) is 0 Å². The van der Waals surface area contributed by atoms with Crippen molar-refractivity contribution < 1.29 is 0 Å².